The molecule has 0 radical (unpaired) electrons. The van der Waals surface area contributed by atoms with Gasteiger partial charge in [-0.25, -0.2) is 9.97 Å². The molecule has 1 rings (SSSR count). The van der Waals surface area contributed by atoms with Crippen molar-refractivity contribution in [3.63, 3.8) is 0 Å². The summed E-state index contributed by atoms with van der Waals surface area (Å²) >= 11 is 3.29. The second-order valence-electron chi connectivity index (χ2n) is 3.78. The first-order valence-electron chi connectivity index (χ1n) is 5.58. The van der Waals surface area contributed by atoms with E-state index < -0.39 is 0 Å². The van der Waals surface area contributed by atoms with Gasteiger partial charge in [-0.2, -0.15) is 0 Å². The molecule has 2 N–H and O–H groups in total. The molecule has 1 aromatic heterocycles. The van der Waals surface area contributed by atoms with Crippen LogP contribution in [0.25, 0.3) is 0 Å². The molecular weight excluding hydrogens is 284 g/mol. The van der Waals surface area contributed by atoms with E-state index in [1.165, 1.54) is 0 Å². The van der Waals surface area contributed by atoms with E-state index in [9.17, 15) is 4.79 Å². The molecule has 0 aliphatic carbocycles. The number of nitrogens with one attached hydrogen (secondary N) is 2. The SMILES string of the molecule is CCCNC(=O)C(C)Nc1cc(Br)nc(C)n1. The molecule has 0 aliphatic rings. The zero-order valence-electron chi connectivity index (χ0n) is 10.2. The highest BCUT2D eigenvalue weighted by atomic mass is 79.9. The lowest BCUT2D eigenvalue weighted by atomic mass is 10.3. The van der Waals surface area contributed by atoms with Gasteiger partial charge in [0.1, 0.15) is 22.3 Å². The van der Waals surface area contributed by atoms with Crippen LogP contribution in [0.3, 0.4) is 0 Å². The van der Waals surface area contributed by atoms with Gasteiger partial charge in [0.25, 0.3) is 0 Å². The van der Waals surface area contributed by atoms with Crippen molar-refractivity contribution >= 4 is 27.7 Å². The van der Waals surface area contributed by atoms with Gasteiger partial charge in [-0.3, -0.25) is 4.79 Å². The van der Waals surface area contributed by atoms with Crippen molar-refractivity contribution in [2.75, 3.05) is 11.9 Å². The first kappa shape index (κ1) is 13.9. The number of nitrogens with zero attached hydrogens (tertiary/aromatic N) is 2. The van der Waals surface area contributed by atoms with E-state index in [2.05, 4.69) is 36.5 Å². The third-order valence-corrected chi connectivity index (χ3v) is 2.52. The number of anilines is 1. The molecule has 0 aliphatic heterocycles. The molecule has 0 aromatic carbocycles. The van der Waals surface area contributed by atoms with Crippen LogP contribution in [-0.4, -0.2) is 28.5 Å². The van der Waals surface area contributed by atoms with Gasteiger partial charge in [0.15, 0.2) is 0 Å². The lowest BCUT2D eigenvalue weighted by Crippen LogP contribution is -2.38. The number of rotatable bonds is 5. The quantitative estimate of drug-likeness (QED) is 0.815. The monoisotopic (exact) mass is 300 g/mol. The fourth-order valence-electron chi connectivity index (χ4n) is 1.29. The number of hydrogen-bond donors (Lipinski definition) is 2. The van der Waals surface area contributed by atoms with Crippen molar-refractivity contribution in [3.8, 4) is 0 Å². The average Bonchev–Trinajstić information content (AvgIpc) is 2.24. The number of aryl methyl sites for hydroxylation is 1. The highest BCUT2D eigenvalue weighted by molar-refractivity contribution is 9.10. The number of aromatic nitrogens is 2. The minimum atomic E-state index is -0.317. The minimum absolute atomic E-state index is 0.0285. The number of amides is 1. The molecule has 94 valence electrons. The van der Waals surface area contributed by atoms with Crippen LogP contribution in [0.15, 0.2) is 10.7 Å². The number of halogens is 1. The summed E-state index contributed by atoms with van der Waals surface area (Å²) in [4.78, 5) is 20.0. The van der Waals surface area contributed by atoms with Crippen molar-refractivity contribution in [2.24, 2.45) is 0 Å². The van der Waals surface area contributed by atoms with Gasteiger partial charge in [-0.1, -0.05) is 6.92 Å². The molecular formula is C11H17BrN4O. The fourth-order valence-corrected chi connectivity index (χ4v) is 1.77. The van der Waals surface area contributed by atoms with E-state index in [0.717, 1.165) is 6.42 Å². The first-order valence-corrected chi connectivity index (χ1v) is 6.37. The van der Waals surface area contributed by atoms with Gasteiger partial charge in [0.05, 0.1) is 0 Å². The molecule has 1 heterocycles. The molecule has 1 amide bonds. The summed E-state index contributed by atoms with van der Waals surface area (Å²) in [5.41, 5.74) is 0. The smallest absolute Gasteiger partial charge is 0.242 e. The molecule has 0 bridgehead atoms. The van der Waals surface area contributed by atoms with E-state index in [1.54, 1.807) is 19.9 Å². The van der Waals surface area contributed by atoms with Gasteiger partial charge in [-0.05, 0) is 36.2 Å². The van der Waals surface area contributed by atoms with E-state index in [4.69, 9.17) is 0 Å². The van der Waals surface area contributed by atoms with Gasteiger partial charge in [0.2, 0.25) is 5.91 Å². The van der Waals surface area contributed by atoms with Crippen molar-refractivity contribution in [1.29, 1.82) is 0 Å². The van der Waals surface area contributed by atoms with E-state index in [0.29, 0.717) is 22.8 Å². The number of hydrogen-bond acceptors (Lipinski definition) is 4. The average molecular weight is 301 g/mol. The molecule has 1 atom stereocenters. The molecule has 0 spiro atoms. The molecule has 0 saturated heterocycles. The molecule has 17 heavy (non-hydrogen) atoms. The number of carbonyl (C=O) groups excluding carboxylic acids is 1. The molecule has 0 saturated carbocycles. The van der Waals surface area contributed by atoms with Crippen LogP contribution in [0.1, 0.15) is 26.1 Å². The summed E-state index contributed by atoms with van der Waals surface area (Å²) in [6, 6.07) is 1.43. The Morgan fingerprint density at radius 1 is 1.53 bits per heavy atom. The fraction of sp³-hybridized carbons (Fsp3) is 0.545. The lowest BCUT2D eigenvalue weighted by Gasteiger charge is -2.14. The zero-order valence-corrected chi connectivity index (χ0v) is 11.8. The van der Waals surface area contributed by atoms with Crippen LogP contribution in [-0.2, 0) is 4.79 Å². The maximum absolute atomic E-state index is 11.6. The third-order valence-electron chi connectivity index (χ3n) is 2.11. The summed E-state index contributed by atoms with van der Waals surface area (Å²) in [6.07, 6.45) is 0.927. The normalized spacial score (nSPS) is 12.0. The second kappa shape index (κ2) is 6.54. The van der Waals surface area contributed by atoms with E-state index in [1.807, 2.05) is 6.92 Å². The Balaban J connectivity index is 2.60. The highest BCUT2D eigenvalue weighted by Gasteiger charge is 2.12. The van der Waals surface area contributed by atoms with Gasteiger partial charge in [0, 0.05) is 12.6 Å². The van der Waals surface area contributed by atoms with Crippen LogP contribution >= 0.6 is 15.9 Å². The van der Waals surface area contributed by atoms with Crippen molar-refractivity contribution in [3.05, 3.63) is 16.5 Å². The topological polar surface area (TPSA) is 66.9 Å². The Morgan fingerprint density at radius 2 is 2.24 bits per heavy atom. The highest BCUT2D eigenvalue weighted by Crippen LogP contribution is 2.12. The maximum Gasteiger partial charge on any atom is 0.242 e. The maximum atomic E-state index is 11.6. The van der Waals surface area contributed by atoms with Gasteiger partial charge in [-0.15, -0.1) is 0 Å². The number of carbonyl (C=O) groups is 1. The predicted molar refractivity (Wildman–Crippen MR) is 70.9 cm³/mol. The zero-order chi connectivity index (χ0) is 12.8. The van der Waals surface area contributed by atoms with E-state index >= 15 is 0 Å². The molecule has 0 fully saturated rings. The Bertz CT molecular complexity index is 377. The molecule has 1 aromatic rings. The summed E-state index contributed by atoms with van der Waals surface area (Å²) in [6.45, 7) is 6.31. The first-order chi connectivity index (χ1) is 8.02. The summed E-state index contributed by atoms with van der Waals surface area (Å²) in [7, 11) is 0. The minimum Gasteiger partial charge on any atom is -0.358 e. The van der Waals surface area contributed by atoms with Crippen molar-refractivity contribution in [1.82, 2.24) is 15.3 Å². The Morgan fingerprint density at radius 3 is 2.82 bits per heavy atom. The Labute approximate surface area is 110 Å². The third kappa shape index (κ3) is 4.68. The Hall–Kier alpha value is -1.17. The van der Waals surface area contributed by atoms with E-state index in [-0.39, 0.29) is 11.9 Å². The largest absolute Gasteiger partial charge is 0.358 e. The standard InChI is InChI=1S/C11H17BrN4O/c1-4-5-13-11(17)7(2)14-10-6-9(12)15-8(3)16-10/h6-7H,4-5H2,1-3H3,(H,13,17)(H,14,15,16). The predicted octanol–water partition coefficient (Wildman–Crippen LogP) is 1.87. The van der Waals surface area contributed by atoms with Crippen molar-refractivity contribution in [2.45, 2.75) is 33.2 Å². The summed E-state index contributed by atoms with van der Waals surface area (Å²) in [5.74, 6) is 1.27. The molecule has 6 heteroatoms. The van der Waals surface area contributed by atoms with Crippen LogP contribution in [0.4, 0.5) is 5.82 Å². The summed E-state index contributed by atoms with van der Waals surface area (Å²) in [5, 5.41) is 5.86. The van der Waals surface area contributed by atoms with Crippen LogP contribution in [0, 0.1) is 6.92 Å². The van der Waals surface area contributed by atoms with Gasteiger partial charge >= 0.3 is 0 Å². The second-order valence-corrected chi connectivity index (χ2v) is 4.59. The Kier molecular flexibility index (Phi) is 5.34. The lowest BCUT2D eigenvalue weighted by molar-refractivity contribution is -0.121. The molecule has 1 unspecified atom stereocenters. The summed E-state index contributed by atoms with van der Waals surface area (Å²) < 4.78 is 0.702. The van der Waals surface area contributed by atoms with Gasteiger partial charge < -0.3 is 10.6 Å². The molecule has 5 nitrogen and oxygen atoms in total. The van der Waals surface area contributed by atoms with Crippen LogP contribution in [0.5, 0.6) is 0 Å². The van der Waals surface area contributed by atoms with Crippen molar-refractivity contribution < 1.29 is 4.79 Å². The van der Waals surface area contributed by atoms with Crippen LogP contribution < -0.4 is 10.6 Å². The van der Waals surface area contributed by atoms with Crippen LogP contribution in [0.2, 0.25) is 0 Å².